The third kappa shape index (κ3) is 6.37. The van der Waals surface area contributed by atoms with E-state index in [0.717, 1.165) is 12.0 Å². The fraction of sp³-hybridized carbons (Fsp3) is 0.500. The Morgan fingerprint density at radius 1 is 1.25 bits per heavy atom. The maximum atomic E-state index is 13.2. The van der Waals surface area contributed by atoms with Crippen LogP contribution in [0.1, 0.15) is 52.1 Å². The Bertz CT molecular complexity index is 1060. The summed E-state index contributed by atoms with van der Waals surface area (Å²) in [7, 11) is 0. The first kappa shape index (κ1) is 26.0. The standard InChI is InChI=1S/C22H31Cl2N5O3/c1-5-6-9-28(19-20(25)29(12-13(2)3)22(32)27-21(19)31)18(30)11-26-14(4)16-8-7-15(23)10-17(16)24/h7-8,10,13-14,26H,5-6,9,11-12,25H2,1-4H3,(H,27,31,32). The molecule has 4 N–H and O–H groups in total. The van der Waals surface area contributed by atoms with E-state index in [9.17, 15) is 14.4 Å². The Kier molecular flexibility index (Phi) is 9.36. The highest BCUT2D eigenvalue weighted by Gasteiger charge is 2.24. The van der Waals surface area contributed by atoms with E-state index in [1.807, 2.05) is 27.7 Å². The maximum absolute atomic E-state index is 13.2. The van der Waals surface area contributed by atoms with E-state index in [0.29, 0.717) is 29.6 Å². The number of hydrogen-bond donors (Lipinski definition) is 3. The van der Waals surface area contributed by atoms with Crippen LogP contribution in [-0.4, -0.2) is 28.5 Å². The second-order valence-corrected chi connectivity index (χ2v) is 9.01. The molecule has 1 amide bonds. The van der Waals surface area contributed by atoms with Crippen LogP contribution in [0.15, 0.2) is 27.8 Å². The van der Waals surface area contributed by atoms with Crippen LogP contribution < -0.4 is 27.2 Å². The number of nitrogens with zero attached hydrogens (tertiary/aromatic N) is 2. The lowest BCUT2D eigenvalue weighted by molar-refractivity contribution is -0.118. The summed E-state index contributed by atoms with van der Waals surface area (Å²) >= 11 is 12.2. The van der Waals surface area contributed by atoms with Crippen LogP contribution in [0, 0.1) is 5.92 Å². The molecule has 8 nitrogen and oxygen atoms in total. The first-order valence-electron chi connectivity index (χ1n) is 10.7. The monoisotopic (exact) mass is 483 g/mol. The minimum atomic E-state index is -0.675. The largest absolute Gasteiger partial charge is 0.383 e. The summed E-state index contributed by atoms with van der Waals surface area (Å²) < 4.78 is 1.30. The number of H-pyrrole nitrogens is 1. The van der Waals surface area contributed by atoms with E-state index >= 15 is 0 Å². The first-order chi connectivity index (χ1) is 15.1. The minimum Gasteiger partial charge on any atom is -0.383 e. The van der Waals surface area contributed by atoms with Crippen LogP contribution >= 0.6 is 23.2 Å². The van der Waals surface area contributed by atoms with Crippen molar-refractivity contribution in [2.75, 3.05) is 23.7 Å². The molecule has 1 atom stereocenters. The lowest BCUT2D eigenvalue weighted by atomic mass is 10.1. The SMILES string of the molecule is CCCCN(C(=O)CNC(C)c1ccc(Cl)cc1Cl)c1c(N)n(CC(C)C)c(=O)[nH]c1=O. The number of carbonyl (C=O) groups is 1. The van der Waals surface area contributed by atoms with Gasteiger partial charge < -0.3 is 16.0 Å². The van der Waals surface area contributed by atoms with Gasteiger partial charge in [0.2, 0.25) is 5.91 Å². The molecule has 0 spiro atoms. The molecule has 0 saturated carbocycles. The summed E-state index contributed by atoms with van der Waals surface area (Å²) in [4.78, 5) is 41.7. The van der Waals surface area contributed by atoms with E-state index in [1.165, 1.54) is 9.47 Å². The van der Waals surface area contributed by atoms with Gasteiger partial charge in [0.15, 0.2) is 5.69 Å². The van der Waals surface area contributed by atoms with Crippen molar-refractivity contribution in [2.24, 2.45) is 5.92 Å². The second kappa shape index (κ2) is 11.5. The van der Waals surface area contributed by atoms with Crippen molar-refractivity contribution in [3.8, 4) is 0 Å². The van der Waals surface area contributed by atoms with Crippen molar-refractivity contribution in [1.82, 2.24) is 14.9 Å². The van der Waals surface area contributed by atoms with Crippen LogP contribution in [-0.2, 0) is 11.3 Å². The molecule has 1 aromatic heterocycles. The molecule has 0 fully saturated rings. The van der Waals surface area contributed by atoms with Gasteiger partial charge >= 0.3 is 5.69 Å². The normalized spacial score (nSPS) is 12.2. The van der Waals surface area contributed by atoms with E-state index in [2.05, 4.69) is 10.3 Å². The van der Waals surface area contributed by atoms with Gasteiger partial charge in [-0.1, -0.05) is 56.5 Å². The summed E-state index contributed by atoms with van der Waals surface area (Å²) in [5.41, 5.74) is 5.76. The van der Waals surface area contributed by atoms with Crippen molar-refractivity contribution in [3.63, 3.8) is 0 Å². The molecular weight excluding hydrogens is 453 g/mol. The highest BCUT2D eigenvalue weighted by molar-refractivity contribution is 6.35. The number of benzene rings is 1. The molecule has 10 heteroatoms. The Morgan fingerprint density at radius 2 is 1.94 bits per heavy atom. The number of carbonyl (C=O) groups excluding carboxylic acids is 1. The van der Waals surface area contributed by atoms with Crippen molar-refractivity contribution in [3.05, 3.63) is 54.6 Å². The number of anilines is 2. The third-order valence-corrected chi connectivity index (χ3v) is 5.62. The number of halogens is 2. The Balaban J connectivity index is 2.32. The zero-order valence-electron chi connectivity index (χ0n) is 18.9. The molecule has 32 heavy (non-hydrogen) atoms. The smallest absolute Gasteiger partial charge is 0.330 e. The van der Waals surface area contributed by atoms with E-state index in [-0.39, 0.29) is 35.9 Å². The van der Waals surface area contributed by atoms with E-state index in [1.54, 1.807) is 18.2 Å². The average Bonchev–Trinajstić information content (AvgIpc) is 2.71. The van der Waals surface area contributed by atoms with Crippen LogP contribution in [0.5, 0.6) is 0 Å². The number of nitrogen functional groups attached to an aromatic ring is 1. The number of nitrogens with two attached hydrogens (primary N) is 1. The predicted molar refractivity (Wildman–Crippen MR) is 131 cm³/mol. The van der Waals surface area contributed by atoms with Gasteiger partial charge in [-0.15, -0.1) is 0 Å². The Hall–Kier alpha value is -2.29. The maximum Gasteiger partial charge on any atom is 0.330 e. The summed E-state index contributed by atoms with van der Waals surface area (Å²) in [6.45, 7) is 8.32. The number of rotatable bonds is 10. The molecule has 1 unspecified atom stereocenters. The van der Waals surface area contributed by atoms with Crippen molar-refractivity contribution in [1.29, 1.82) is 0 Å². The summed E-state index contributed by atoms with van der Waals surface area (Å²) in [6.07, 6.45) is 1.49. The van der Waals surface area contributed by atoms with Gasteiger partial charge in [0.25, 0.3) is 5.56 Å². The van der Waals surface area contributed by atoms with Crippen LogP contribution in [0.25, 0.3) is 0 Å². The second-order valence-electron chi connectivity index (χ2n) is 8.16. The number of amides is 1. The molecule has 0 aliphatic heterocycles. The first-order valence-corrected chi connectivity index (χ1v) is 11.4. The number of hydrogen-bond acceptors (Lipinski definition) is 5. The topological polar surface area (TPSA) is 113 Å². The van der Waals surface area contributed by atoms with Crippen molar-refractivity contribution in [2.45, 2.75) is 53.1 Å². The molecule has 0 radical (unpaired) electrons. The van der Waals surface area contributed by atoms with Gasteiger partial charge in [-0.05, 0) is 37.0 Å². The van der Waals surface area contributed by atoms with Gasteiger partial charge in [0.05, 0.1) is 6.54 Å². The van der Waals surface area contributed by atoms with Gasteiger partial charge in [0.1, 0.15) is 5.82 Å². The van der Waals surface area contributed by atoms with Crippen molar-refractivity contribution < 1.29 is 4.79 Å². The van der Waals surface area contributed by atoms with Crippen LogP contribution in [0.3, 0.4) is 0 Å². The summed E-state index contributed by atoms with van der Waals surface area (Å²) in [5, 5.41) is 4.16. The number of unbranched alkanes of at least 4 members (excludes halogenated alkanes) is 1. The Labute approximate surface area is 197 Å². The lowest BCUT2D eigenvalue weighted by Gasteiger charge is -2.26. The molecule has 0 bridgehead atoms. The van der Waals surface area contributed by atoms with Crippen LogP contribution in [0.4, 0.5) is 11.5 Å². The van der Waals surface area contributed by atoms with Gasteiger partial charge in [-0.25, -0.2) is 4.79 Å². The molecule has 1 heterocycles. The molecule has 1 aromatic carbocycles. The van der Waals surface area contributed by atoms with Gasteiger partial charge in [-0.3, -0.25) is 19.1 Å². The number of aromatic amines is 1. The zero-order valence-corrected chi connectivity index (χ0v) is 20.4. The fourth-order valence-corrected chi connectivity index (χ4v) is 3.93. The van der Waals surface area contributed by atoms with E-state index in [4.69, 9.17) is 28.9 Å². The quantitative estimate of drug-likeness (QED) is 0.477. The van der Waals surface area contributed by atoms with Gasteiger partial charge in [0, 0.05) is 29.2 Å². The molecule has 0 aliphatic carbocycles. The predicted octanol–water partition coefficient (Wildman–Crippen LogP) is 3.57. The molecule has 0 aliphatic rings. The highest BCUT2D eigenvalue weighted by Crippen LogP contribution is 2.26. The summed E-state index contributed by atoms with van der Waals surface area (Å²) in [6, 6.07) is 4.94. The zero-order chi connectivity index (χ0) is 24.0. The van der Waals surface area contributed by atoms with Crippen molar-refractivity contribution >= 4 is 40.6 Å². The average molecular weight is 484 g/mol. The Morgan fingerprint density at radius 3 is 2.53 bits per heavy atom. The molecule has 2 rings (SSSR count). The molecule has 0 saturated heterocycles. The highest BCUT2D eigenvalue weighted by atomic mass is 35.5. The molecular formula is C22H31Cl2N5O3. The molecule has 2 aromatic rings. The summed E-state index contributed by atoms with van der Waals surface area (Å²) in [5.74, 6) is -0.215. The number of aromatic nitrogens is 2. The minimum absolute atomic E-state index is 0.00248. The third-order valence-electron chi connectivity index (χ3n) is 5.06. The lowest BCUT2D eigenvalue weighted by Crippen LogP contribution is -2.45. The number of nitrogens with one attached hydrogen (secondary N) is 2. The molecule has 176 valence electrons. The van der Waals surface area contributed by atoms with E-state index < -0.39 is 11.2 Å². The van der Waals surface area contributed by atoms with Gasteiger partial charge in [-0.2, -0.15) is 0 Å². The van der Waals surface area contributed by atoms with Crippen LogP contribution in [0.2, 0.25) is 10.0 Å². The fourth-order valence-electron chi connectivity index (χ4n) is 3.36.